The van der Waals surface area contributed by atoms with Crippen LogP contribution in [0.1, 0.15) is 11.3 Å². The van der Waals surface area contributed by atoms with Gasteiger partial charge in [0.25, 0.3) is 0 Å². The van der Waals surface area contributed by atoms with Crippen molar-refractivity contribution in [2.75, 3.05) is 0 Å². The summed E-state index contributed by atoms with van der Waals surface area (Å²) in [6, 6.07) is 3.34. The number of rotatable bonds is 1. The fourth-order valence-electron chi connectivity index (χ4n) is 1.71. The Bertz CT molecular complexity index is 488. The average Bonchev–Trinajstić information content (AvgIpc) is 2.42. The van der Waals surface area contributed by atoms with Crippen molar-refractivity contribution in [2.45, 2.75) is 13.5 Å². The minimum Gasteiger partial charge on any atom is -0.326 e. The third-order valence-electron chi connectivity index (χ3n) is 2.38. The van der Waals surface area contributed by atoms with Gasteiger partial charge in [0.1, 0.15) is 5.82 Å². The molecule has 0 saturated carbocycles. The highest BCUT2D eigenvalue weighted by molar-refractivity contribution is 5.83. The lowest BCUT2D eigenvalue weighted by molar-refractivity contribution is 0.637. The first-order valence-corrected chi connectivity index (χ1v) is 4.45. The molecule has 0 saturated heterocycles. The zero-order chi connectivity index (χ0) is 10.3. The van der Waals surface area contributed by atoms with E-state index < -0.39 is 0 Å². The Morgan fingerprint density at radius 1 is 1.50 bits per heavy atom. The van der Waals surface area contributed by atoms with Crippen LogP contribution in [0.4, 0.5) is 4.39 Å². The van der Waals surface area contributed by atoms with Crippen LogP contribution in [0.3, 0.4) is 0 Å². The Morgan fingerprint density at radius 2 is 2.21 bits per heavy atom. The first kappa shape index (κ1) is 9.15. The maximum Gasteiger partial charge on any atom is 0.134 e. The van der Waals surface area contributed by atoms with Gasteiger partial charge in [-0.2, -0.15) is 5.10 Å². The van der Waals surface area contributed by atoms with E-state index in [1.165, 1.54) is 6.07 Å². The molecule has 0 atom stereocenters. The summed E-state index contributed by atoms with van der Waals surface area (Å²) in [4.78, 5) is 0. The number of aryl methyl sites for hydroxylation is 2. The lowest BCUT2D eigenvalue weighted by Crippen LogP contribution is -1.98. The van der Waals surface area contributed by atoms with Crippen molar-refractivity contribution in [3.05, 3.63) is 29.2 Å². The Kier molecular flexibility index (Phi) is 2.00. The van der Waals surface area contributed by atoms with Gasteiger partial charge in [-0.15, -0.1) is 0 Å². The first-order valence-electron chi connectivity index (χ1n) is 4.45. The quantitative estimate of drug-likeness (QED) is 0.745. The molecule has 0 aliphatic rings. The molecule has 4 heteroatoms. The molecular formula is C10H12FN3. The molecule has 0 radical (unpaired) electrons. The van der Waals surface area contributed by atoms with Crippen LogP contribution in [0.2, 0.25) is 0 Å². The zero-order valence-corrected chi connectivity index (χ0v) is 8.21. The molecule has 74 valence electrons. The van der Waals surface area contributed by atoms with Gasteiger partial charge >= 0.3 is 0 Å². The van der Waals surface area contributed by atoms with Crippen molar-refractivity contribution in [3.63, 3.8) is 0 Å². The summed E-state index contributed by atoms with van der Waals surface area (Å²) in [5, 5.41) is 4.75. The summed E-state index contributed by atoms with van der Waals surface area (Å²) in [7, 11) is 1.80. The van der Waals surface area contributed by atoms with Crippen molar-refractivity contribution >= 4 is 10.9 Å². The number of fused-ring (bicyclic) bond motifs is 1. The number of benzene rings is 1. The molecule has 3 nitrogen and oxygen atoms in total. The molecule has 0 aliphatic carbocycles. The molecule has 1 aromatic heterocycles. The molecule has 2 rings (SSSR count). The Hall–Kier alpha value is -1.42. The zero-order valence-electron chi connectivity index (χ0n) is 8.21. The van der Waals surface area contributed by atoms with Gasteiger partial charge in [0, 0.05) is 13.6 Å². The van der Waals surface area contributed by atoms with Gasteiger partial charge in [0.2, 0.25) is 0 Å². The molecule has 1 heterocycles. The summed E-state index contributed by atoms with van der Waals surface area (Å²) < 4.78 is 15.3. The van der Waals surface area contributed by atoms with Gasteiger partial charge in [-0.1, -0.05) is 0 Å². The molecule has 0 amide bonds. The molecule has 2 N–H and O–H groups in total. The molecule has 0 bridgehead atoms. The lowest BCUT2D eigenvalue weighted by atomic mass is 10.1. The van der Waals surface area contributed by atoms with E-state index >= 15 is 0 Å². The molecule has 2 aromatic rings. The van der Waals surface area contributed by atoms with E-state index in [0.29, 0.717) is 17.6 Å². The molecule has 0 aliphatic heterocycles. The van der Waals surface area contributed by atoms with Crippen LogP contribution in [-0.2, 0) is 13.6 Å². The van der Waals surface area contributed by atoms with Crippen molar-refractivity contribution < 1.29 is 4.39 Å². The van der Waals surface area contributed by atoms with E-state index in [1.54, 1.807) is 18.7 Å². The number of hydrogen-bond donors (Lipinski definition) is 1. The summed E-state index contributed by atoms with van der Waals surface area (Å²) >= 11 is 0. The van der Waals surface area contributed by atoms with Crippen LogP contribution in [0.15, 0.2) is 12.1 Å². The number of aromatic nitrogens is 2. The van der Waals surface area contributed by atoms with Gasteiger partial charge in [-0.05, 0) is 24.6 Å². The fourth-order valence-corrected chi connectivity index (χ4v) is 1.71. The van der Waals surface area contributed by atoms with Crippen molar-refractivity contribution in [1.29, 1.82) is 0 Å². The van der Waals surface area contributed by atoms with Crippen LogP contribution in [0.25, 0.3) is 10.9 Å². The van der Waals surface area contributed by atoms with Crippen LogP contribution >= 0.6 is 0 Å². The minimum absolute atomic E-state index is 0.242. The average molecular weight is 193 g/mol. The second kappa shape index (κ2) is 3.06. The van der Waals surface area contributed by atoms with Crippen molar-refractivity contribution in [1.82, 2.24) is 9.78 Å². The molecule has 0 spiro atoms. The Morgan fingerprint density at radius 3 is 2.86 bits per heavy atom. The molecular weight excluding hydrogens is 181 g/mol. The monoisotopic (exact) mass is 193 g/mol. The molecule has 0 fully saturated rings. The van der Waals surface area contributed by atoms with Gasteiger partial charge in [-0.25, -0.2) is 4.39 Å². The predicted molar refractivity (Wildman–Crippen MR) is 53.3 cm³/mol. The summed E-state index contributed by atoms with van der Waals surface area (Å²) in [5.41, 5.74) is 7.77. The Balaban J connectivity index is 2.86. The van der Waals surface area contributed by atoms with Crippen LogP contribution in [0, 0.1) is 12.7 Å². The van der Waals surface area contributed by atoms with Crippen LogP contribution < -0.4 is 5.73 Å². The number of nitrogens with two attached hydrogens (primary N) is 1. The largest absolute Gasteiger partial charge is 0.326 e. The summed E-state index contributed by atoms with van der Waals surface area (Å²) in [6.45, 7) is 2.14. The number of hydrogen-bond acceptors (Lipinski definition) is 2. The van der Waals surface area contributed by atoms with Crippen LogP contribution in [0.5, 0.6) is 0 Å². The lowest BCUT2D eigenvalue weighted by Gasteiger charge is -2.00. The number of nitrogens with zero attached hydrogens (tertiary/aromatic N) is 2. The summed E-state index contributed by atoms with van der Waals surface area (Å²) in [5.74, 6) is -0.242. The topological polar surface area (TPSA) is 43.8 Å². The van der Waals surface area contributed by atoms with Gasteiger partial charge in [0.15, 0.2) is 0 Å². The normalized spacial score (nSPS) is 11.1. The maximum absolute atomic E-state index is 13.6. The third-order valence-corrected chi connectivity index (χ3v) is 2.38. The minimum atomic E-state index is -0.242. The SMILES string of the molecule is Cc1nn(C)c2cc(CN)cc(F)c12. The number of halogens is 1. The smallest absolute Gasteiger partial charge is 0.134 e. The van der Waals surface area contributed by atoms with Gasteiger partial charge < -0.3 is 5.73 Å². The second-order valence-electron chi connectivity index (χ2n) is 3.38. The van der Waals surface area contributed by atoms with Gasteiger partial charge in [0.05, 0.1) is 16.6 Å². The van der Waals surface area contributed by atoms with Crippen molar-refractivity contribution in [2.24, 2.45) is 12.8 Å². The molecule has 0 unspecified atom stereocenters. The van der Waals surface area contributed by atoms with E-state index in [9.17, 15) is 4.39 Å². The van der Waals surface area contributed by atoms with E-state index in [4.69, 9.17) is 5.73 Å². The molecule has 1 aromatic carbocycles. The van der Waals surface area contributed by atoms with E-state index in [0.717, 1.165) is 11.1 Å². The first-order chi connectivity index (χ1) is 6.63. The van der Waals surface area contributed by atoms with E-state index in [2.05, 4.69) is 5.10 Å². The second-order valence-corrected chi connectivity index (χ2v) is 3.38. The highest BCUT2D eigenvalue weighted by atomic mass is 19.1. The maximum atomic E-state index is 13.6. The van der Waals surface area contributed by atoms with Crippen molar-refractivity contribution in [3.8, 4) is 0 Å². The standard InChI is InChI=1S/C10H12FN3/c1-6-10-8(11)3-7(5-12)4-9(10)14(2)13-6/h3-4H,5,12H2,1-2H3. The highest BCUT2D eigenvalue weighted by Gasteiger charge is 2.10. The fraction of sp³-hybridized carbons (Fsp3) is 0.300. The van der Waals surface area contributed by atoms with E-state index in [1.807, 2.05) is 6.07 Å². The predicted octanol–water partition coefficient (Wildman–Crippen LogP) is 1.48. The highest BCUT2D eigenvalue weighted by Crippen LogP contribution is 2.22. The Labute approximate surface area is 81.3 Å². The molecule has 14 heavy (non-hydrogen) atoms. The third kappa shape index (κ3) is 1.19. The van der Waals surface area contributed by atoms with E-state index in [-0.39, 0.29) is 5.82 Å². The van der Waals surface area contributed by atoms with Crippen LogP contribution in [-0.4, -0.2) is 9.78 Å². The van der Waals surface area contributed by atoms with Gasteiger partial charge in [-0.3, -0.25) is 4.68 Å². The summed E-state index contributed by atoms with van der Waals surface area (Å²) in [6.07, 6.45) is 0.